The molecule has 0 bridgehead atoms. The van der Waals surface area contributed by atoms with Crippen LogP contribution in [-0.2, 0) is 16.0 Å². The number of benzene rings is 1. The maximum Gasteiger partial charge on any atom is 0.404 e. The first-order valence-electron chi connectivity index (χ1n) is 10.0. The van der Waals surface area contributed by atoms with Gasteiger partial charge in [-0.2, -0.15) is 0 Å². The molecule has 0 spiro atoms. The van der Waals surface area contributed by atoms with Gasteiger partial charge in [-0.25, -0.2) is 4.79 Å². The molecule has 0 saturated heterocycles. The van der Waals surface area contributed by atoms with E-state index in [1.54, 1.807) is 6.20 Å². The van der Waals surface area contributed by atoms with Gasteiger partial charge in [0, 0.05) is 36.6 Å². The van der Waals surface area contributed by atoms with Gasteiger partial charge in [0.15, 0.2) is 0 Å². The molecular formula is C21H30N4O5. The molecule has 1 unspecified atom stereocenters. The molecule has 3 amide bonds. The highest BCUT2D eigenvalue weighted by atomic mass is 16.4. The molecule has 0 fully saturated rings. The molecule has 9 nitrogen and oxygen atoms in total. The first kappa shape index (κ1) is 23.2. The summed E-state index contributed by atoms with van der Waals surface area (Å²) < 4.78 is 0. The minimum absolute atomic E-state index is 0.0303. The van der Waals surface area contributed by atoms with Crippen LogP contribution in [0.4, 0.5) is 4.79 Å². The number of amides is 3. The number of carbonyl (C=O) groups excluding carboxylic acids is 2. The average Bonchev–Trinajstić information content (AvgIpc) is 3.11. The lowest BCUT2D eigenvalue weighted by molar-refractivity contribution is -0.131. The fourth-order valence-corrected chi connectivity index (χ4v) is 3.38. The van der Waals surface area contributed by atoms with Gasteiger partial charge in [0.2, 0.25) is 11.8 Å². The molecule has 1 aromatic heterocycles. The van der Waals surface area contributed by atoms with Crippen molar-refractivity contribution in [3.63, 3.8) is 0 Å². The van der Waals surface area contributed by atoms with E-state index in [0.29, 0.717) is 6.42 Å². The van der Waals surface area contributed by atoms with E-state index in [1.807, 2.05) is 38.1 Å². The number of carboxylic acid groups (broad SMARTS) is 1. The highest BCUT2D eigenvalue weighted by Crippen LogP contribution is 2.19. The number of hydrogen-bond acceptors (Lipinski definition) is 4. The van der Waals surface area contributed by atoms with Crippen LogP contribution in [0.15, 0.2) is 30.5 Å². The number of para-hydroxylation sites is 1. The fraction of sp³-hybridized carbons (Fsp3) is 0.476. The number of nitrogens with one attached hydrogen (secondary N) is 4. The van der Waals surface area contributed by atoms with E-state index in [-0.39, 0.29) is 37.9 Å². The van der Waals surface area contributed by atoms with Crippen LogP contribution in [0.25, 0.3) is 10.9 Å². The Morgan fingerprint density at radius 3 is 2.50 bits per heavy atom. The minimum atomic E-state index is -1.20. The molecule has 9 heteroatoms. The molecule has 30 heavy (non-hydrogen) atoms. The van der Waals surface area contributed by atoms with Crippen LogP contribution in [0.1, 0.15) is 25.8 Å². The molecule has 0 aliphatic heterocycles. The highest BCUT2D eigenvalue weighted by molar-refractivity contribution is 5.90. The Morgan fingerprint density at radius 1 is 1.10 bits per heavy atom. The SMILES string of the molecule is CC(C)CC(CNC(=O)O)C(=O)N[C@@H](Cc1c[nH]c2ccccc12)C(=O)NCCO. The number of H-pyrrole nitrogens is 1. The minimum Gasteiger partial charge on any atom is -0.465 e. The molecule has 1 aromatic carbocycles. The number of carbonyl (C=O) groups is 3. The maximum atomic E-state index is 12.9. The van der Waals surface area contributed by atoms with Crippen LogP contribution < -0.4 is 16.0 Å². The molecule has 0 radical (unpaired) electrons. The molecule has 164 valence electrons. The number of aromatic nitrogens is 1. The third-order valence-electron chi connectivity index (χ3n) is 4.77. The molecule has 6 N–H and O–H groups in total. The average molecular weight is 418 g/mol. The number of fused-ring (bicyclic) bond motifs is 1. The van der Waals surface area contributed by atoms with Crippen LogP contribution in [0.3, 0.4) is 0 Å². The van der Waals surface area contributed by atoms with Gasteiger partial charge in [-0.1, -0.05) is 32.0 Å². The first-order chi connectivity index (χ1) is 14.3. The van der Waals surface area contributed by atoms with E-state index in [1.165, 1.54) is 0 Å². The van der Waals surface area contributed by atoms with Crippen molar-refractivity contribution in [1.82, 2.24) is 20.9 Å². The van der Waals surface area contributed by atoms with Gasteiger partial charge in [0.25, 0.3) is 0 Å². The Balaban J connectivity index is 2.19. The molecule has 0 aliphatic rings. The Bertz CT molecular complexity index is 864. The molecule has 2 aromatic rings. The van der Waals surface area contributed by atoms with E-state index < -0.39 is 24.0 Å². The number of aromatic amines is 1. The van der Waals surface area contributed by atoms with Crippen molar-refractivity contribution in [2.24, 2.45) is 11.8 Å². The number of aliphatic hydroxyl groups excluding tert-OH is 1. The fourth-order valence-electron chi connectivity index (χ4n) is 3.38. The van der Waals surface area contributed by atoms with Crippen molar-refractivity contribution in [1.29, 1.82) is 0 Å². The van der Waals surface area contributed by atoms with E-state index in [2.05, 4.69) is 20.9 Å². The van der Waals surface area contributed by atoms with Gasteiger partial charge in [-0.15, -0.1) is 0 Å². The van der Waals surface area contributed by atoms with E-state index in [0.717, 1.165) is 16.5 Å². The van der Waals surface area contributed by atoms with E-state index in [4.69, 9.17) is 10.2 Å². The second-order valence-electron chi connectivity index (χ2n) is 7.65. The molecule has 2 rings (SSSR count). The second kappa shape index (κ2) is 11.2. The lowest BCUT2D eigenvalue weighted by Gasteiger charge is -2.23. The maximum absolute atomic E-state index is 12.9. The summed E-state index contributed by atoms with van der Waals surface area (Å²) in [5.41, 5.74) is 1.80. The second-order valence-corrected chi connectivity index (χ2v) is 7.65. The standard InChI is InChI=1S/C21H30N4O5/c1-13(2)9-15(12-24-21(29)30)19(27)25-18(20(28)22-7-8-26)10-14-11-23-17-6-4-3-5-16(14)17/h3-6,11,13,15,18,23-24,26H,7-10,12H2,1-2H3,(H,22,28)(H,25,27)(H,29,30)/t15?,18-/m0/s1. The first-order valence-corrected chi connectivity index (χ1v) is 10.0. The lowest BCUT2D eigenvalue weighted by Crippen LogP contribution is -2.51. The van der Waals surface area contributed by atoms with Crippen molar-refractivity contribution in [2.45, 2.75) is 32.7 Å². The zero-order valence-corrected chi connectivity index (χ0v) is 17.3. The zero-order valence-electron chi connectivity index (χ0n) is 17.3. The van der Waals surface area contributed by atoms with Crippen LogP contribution in [0.5, 0.6) is 0 Å². The summed E-state index contributed by atoms with van der Waals surface area (Å²) in [6.07, 6.45) is 1.34. The Hall–Kier alpha value is -3.07. The number of rotatable bonds is 11. The van der Waals surface area contributed by atoms with Crippen molar-refractivity contribution in [3.05, 3.63) is 36.0 Å². The topological polar surface area (TPSA) is 144 Å². The Morgan fingerprint density at radius 2 is 1.83 bits per heavy atom. The Kier molecular flexibility index (Phi) is 8.67. The zero-order chi connectivity index (χ0) is 22.1. The third kappa shape index (κ3) is 6.77. The van der Waals surface area contributed by atoms with Gasteiger partial charge in [-0.3, -0.25) is 9.59 Å². The van der Waals surface area contributed by atoms with Gasteiger partial charge in [-0.05, 0) is 24.0 Å². The van der Waals surface area contributed by atoms with Crippen LogP contribution in [0.2, 0.25) is 0 Å². The van der Waals surface area contributed by atoms with Gasteiger partial charge in [0.1, 0.15) is 6.04 Å². The smallest absolute Gasteiger partial charge is 0.404 e. The van der Waals surface area contributed by atoms with Crippen molar-refractivity contribution in [3.8, 4) is 0 Å². The summed E-state index contributed by atoms with van der Waals surface area (Å²) in [6.45, 7) is 3.72. The summed E-state index contributed by atoms with van der Waals surface area (Å²) in [5.74, 6) is -1.22. The predicted octanol–water partition coefficient (Wildman–Crippen LogP) is 1.23. The number of hydrogen-bond donors (Lipinski definition) is 6. The summed E-state index contributed by atoms with van der Waals surface area (Å²) in [7, 11) is 0. The quantitative estimate of drug-likeness (QED) is 0.325. The highest BCUT2D eigenvalue weighted by Gasteiger charge is 2.27. The van der Waals surface area contributed by atoms with E-state index in [9.17, 15) is 14.4 Å². The number of aliphatic hydroxyl groups is 1. The van der Waals surface area contributed by atoms with Crippen molar-refractivity contribution >= 4 is 28.8 Å². The monoisotopic (exact) mass is 418 g/mol. The summed E-state index contributed by atoms with van der Waals surface area (Å²) in [5, 5.41) is 26.5. The molecular weight excluding hydrogens is 388 g/mol. The summed E-state index contributed by atoms with van der Waals surface area (Å²) in [6, 6.07) is 6.80. The lowest BCUT2D eigenvalue weighted by atomic mass is 9.95. The Labute approximate surface area is 175 Å². The molecule has 0 aliphatic carbocycles. The van der Waals surface area contributed by atoms with Crippen molar-refractivity contribution < 1.29 is 24.6 Å². The van der Waals surface area contributed by atoms with Gasteiger partial charge >= 0.3 is 6.09 Å². The molecule has 2 atom stereocenters. The molecule has 0 saturated carbocycles. The van der Waals surface area contributed by atoms with Gasteiger partial charge < -0.3 is 31.1 Å². The summed E-state index contributed by atoms with van der Waals surface area (Å²) in [4.78, 5) is 39.6. The van der Waals surface area contributed by atoms with Crippen LogP contribution >= 0.6 is 0 Å². The predicted molar refractivity (Wildman–Crippen MR) is 113 cm³/mol. The van der Waals surface area contributed by atoms with Crippen LogP contribution in [-0.4, -0.2) is 58.8 Å². The van der Waals surface area contributed by atoms with Crippen molar-refractivity contribution in [2.75, 3.05) is 19.7 Å². The largest absolute Gasteiger partial charge is 0.465 e. The van der Waals surface area contributed by atoms with Crippen LogP contribution in [0, 0.1) is 11.8 Å². The third-order valence-corrected chi connectivity index (χ3v) is 4.77. The van der Waals surface area contributed by atoms with E-state index >= 15 is 0 Å². The van der Waals surface area contributed by atoms with Gasteiger partial charge in [0.05, 0.1) is 12.5 Å². The summed E-state index contributed by atoms with van der Waals surface area (Å²) >= 11 is 0. The molecule has 1 heterocycles. The normalized spacial score (nSPS) is 13.1.